The van der Waals surface area contributed by atoms with Crippen LogP contribution in [0.4, 0.5) is 11.4 Å². The molecule has 2 heterocycles. The van der Waals surface area contributed by atoms with E-state index >= 15 is 0 Å². The van der Waals surface area contributed by atoms with E-state index < -0.39 is 0 Å². The minimum absolute atomic E-state index is 0.125. The SMILES string of the molecule is C=C/C(=C\C1c2cc(-c3ccc4c(c3)c3ccccc3n4-c3ccccc3)ccc2N(c2ccccc2)C1C)c1ccc(-c2ccc(C#N)cc2)cc1. The van der Waals surface area contributed by atoms with Crippen molar-refractivity contribution in [2.45, 2.75) is 18.9 Å². The Kier molecular flexibility index (Phi) is 8.07. The van der Waals surface area contributed by atoms with Crippen LogP contribution in [0.5, 0.6) is 0 Å². The summed E-state index contributed by atoms with van der Waals surface area (Å²) >= 11 is 0. The van der Waals surface area contributed by atoms with Crippen molar-refractivity contribution in [2.75, 3.05) is 4.90 Å². The Balaban J connectivity index is 1.14. The molecule has 0 saturated carbocycles. The van der Waals surface area contributed by atoms with Gasteiger partial charge < -0.3 is 9.47 Å². The van der Waals surface area contributed by atoms with E-state index in [9.17, 15) is 5.26 Å². The number of aromatic nitrogens is 1. The molecular formula is C50H37N3. The Morgan fingerprint density at radius 1 is 0.604 bits per heavy atom. The van der Waals surface area contributed by atoms with E-state index in [2.05, 4.69) is 181 Å². The third-order valence-corrected chi connectivity index (χ3v) is 10.8. The van der Waals surface area contributed by atoms with Crippen LogP contribution in [0.15, 0.2) is 189 Å². The molecule has 53 heavy (non-hydrogen) atoms. The van der Waals surface area contributed by atoms with Crippen molar-refractivity contribution in [3.8, 4) is 34.0 Å². The summed E-state index contributed by atoms with van der Waals surface area (Å²) in [7, 11) is 0. The molecule has 1 aromatic heterocycles. The Morgan fingerprint density at radius 2 is 1.19 bits per heavy atom. The van der Waals surface area contributed by atoms with Gasteiger partial charge in [-0.3, -0.25) is 0 Å². The average Bonchev–Trinajstić information content (AvgIpc) is 3.70. The highest BCUT2D eigenvalue weighted by atomic mass is 15.2. The smallest absolute Gasteiger partial charge is 0.0991 e. The Hall–Kier alpha value is -6.89. The van der Waals surface area contributed by atoms with E-state index in [1.165, 1.54) is 49.9 Å². The molecule has 7 aromatic carbocycles. The maximum Gasteiger partial charge on any atom is 0.0991 e. The molecule has 1 aliphatic rings. The Morgan fingerprint density at radius 3 is 1.89 bits per heavy atom. The van der Waals surface area contributed by atoms with Crippen molar-refractivity contribution >= 4 is 38.8 Å². The Bertz CT molecular complexity index is 2690. The molecule has 2 unspecified atom stereocenters. The number of benzene rings is 7. The van der Waals surface area contributed by atoms with Gasteiger partial charge in [0.2, 0.25) is 0 Å². The third-order valence-electron chi connectivity index (χ3n) is 10.8. The summed E-state index contributed by atoms with van der Waals surface area (Å²) in [6.45, 7) is 6.59. The lowest BCUT2D eigenvalue weighted by Gasteiger charge is -2.27. The summed E-state index contributed by atoms with van der Waals surface area (Å²) in [5.74, 6) is 0.125. The second kappa shape index (κ2) is 13.3. The van der Waals surface area contributed by atoms with Crippen molar-refractivity contribution < 1.29 is 0 Å². The maximum absolute atomic E-state index is 9.22. The Labute approximate surface area is 310 Å². The van der Waals surface area contributed by atoms with E-state index in [0.717, 1.165) is 28.0 Å². The van der Waals surface area contributed by atoms with Crippen LogP contribution in [0, 0.1) is 11.3 Å². The average molecular weight is 680 g/mol. The highest BCUT2D eigenvalue weighted by molar-refractivity contribution is 6.10. The number of hydrogen-bond donors (Lipinski definition) is 0. The van der Waals surface area contributed by atoms with Gasteiger partial charge >= 0.3 is 0 Å². The van der Waals surface area contributed by atoms with Crippen LogP contribution in [-0.4, -0.2) is 10.6 Å². The lowest BCUT2D eigenvalue weighted by Crippen LogP contribution is -2.26. The molecule has 0 saturated heterocycles. The molecular weight excluding hydrogens is 643 g/mol. The number of anilines is 2. The number of nitriles is 1. The van der Waals surface area contributed by atoms with Crippen LogP contribution in [-0.2, 0) is 0 Å². The monoisotopic (exact) mass is 679 g/mol. The van der Waals surface area contributed by atoms with Crippen LogP contribution in [0.1, 0.15) is 29.5 Å². The summed E-state index contributed by atoms with van der Waals surface area (Å²) in [5.41, 5.74) is 14.8. The van der Waals surface area contributed by atoms with Crippen LogP contribution >= 0.6 is 0 Å². The highest BCUT2D eigenvalue weighted by Crippen LogP contribution is 2.48. The van der Waals surface area contributed by atoms with E-state index in [1.807, 2.05) is 30.3 Å². The first-order chi connectivity index (χ1) is 26.1. The van der Waals surface area contributed by atoms with Crippen LogP contribution in [0.3, 0.4) is 0 Å². The topological polar surface area (TPSA) is 32.0 Å². The van der Waals surface area contributed by atoms with Gasteiger partial charge in [0, 0.05) is 39.8 Å². The van der Waals surface area contributed by atoms with Crippen LogP contribution in [0.25, 0.3) is 55.3 Å². The summed E-state index contributed by atoms with van der Waals surface area (Å²) < 4.78 is 2.37. The third kappa shape index (κ3) is 5.62. The molecule has 0 bridgehead atoms. The fourth-order valence-electron chi connectivity index (χ4n) is 8.13. The zero-order valence-electron chi connectivity index (χ0n) is 29.5. The molecule has 1 aliphatic heterocycles. The van der Waals surface area contributed by atoms with Crippen LogP contribution in [0.2, 0.25) is 0 Å². The lowest BCUT2D eigenvalue weighted by molar-refractivity contribution is 0.690. The molecule has 3 nitrogen and oxygen atoms in total. The predicted molar refractivity (Wildman–Crippen MR) is 222 cm³/mol. The number of para-hydroxylation sites is 3. The summed E-state index contributed by atoms with van der Waals surface area (Å²) in [5, 5.41) is 11.7. The molecule has 9 rings (SSSR count). The number of hydrogen-bond acceptors (Lipinski definition) is 2. The normalized spacial score (nSPS) is 15.4. The van der Waals surface area contributed by atoms with E-state index in [-0.39, 0.29) is 12.0 Å². The van der Waals surface area contributed by atoms with Gasteiger partial charge in [0.1, 0.15) is 0 Å². The molecule has 0 amide bonds. The van der Waals surface area contributed by atoms with Gasteiger partial charge in [-0.1, -0.05) is 122 Å². The van der Waals surface area contributed by atoms with E-state index in [4.69, 9.17) is 0 Å². The fraction of sp³-hybridized carbons (Fsp3) is 0.0600. The molecule has 252 valence electrons. The number of fused-ring (bicyclic) bond motifs is 4. The molecule has 2 atom stereocenters. The zero-order chi connectivity index (χ0) is 35.9. The number of nitrogens with zero attached hydrogens (tertiary/aromatic N) is 3. The minimum atomic E-state index is 0.125. The van der Waals surface area contributed by atoms with Gasteiger partial charge in [-0.15, -0.1) is 0 Å². The van der Waals surface area contributed by atoms with Gasteiger partial charge in [0.05, 0.1) is 22.7 Å². The molecule has 3 heteroatoms. The largest absolute Gasteiger partial charge is 0.337 e. The van der Waals surface area contributed by atoms with Gasteiger partial charge in [0.25, 0.3) is 0 Å². The standard InChI is InChI=1S/C50H37N3/c1-3-36(37-22-24-39(25-23-37)38-20-18-35(33-51)19-21-38)30-45-34(2)52(42-12-6-4-7-13-42)49-28-26-41(32-47(45)49)40-27-29-50-46(31-40)44-16-10-11-17-48(44)53(50)43-14-8-5-9-15-43/h3-32,34,45H,1H2,2H3/b36-30+. The maximum atomic E-state index is 9.22. The second-order valence-corrected chi connectivity index (χ2v) is 13.8. The summed E-state index contributed by atoms with van der Waals surface area (Å²) in [6, 6.07) is 62.7. The molecule has 8 aromatic rings. The highest BCUT2D eigenvalue weighted by Gasteiger charge is 2.35. The molecule has 0 radical (unpaired) electrons. The molecule has 0 aliphatic carbocycles. The molecule has 0 fully saturated rings. The van der Waals surface area contributed by atoms with E-state index in [0.29, 0.717) is 5.56 Å². The molecule has 0 spiro atoms. The quantitative estimate of drug-likeness (QED) is 0.157. The van der Waals surface area contributed by atoms with E-state index in [1.54, 1.807) is 0 Å². The fourth-order valence-corrected chi connectivity index (χ4v) is 8.13. The van der Waals surface area contributed by atoms with Crippen molar-refractivity contribution in [3.63, 3.8) is 0 Å². The van der Waals surface area contributed by atoms with Crippen molar-refractivity contribution in [1.82, 2.24) is 4.57 Å². The minimum Gasteiger partial charge on any atom is -0.337 e. The number of allylic oxidation sites excluding steroid dienone is 2. The lowest BCUT2D eigenvalue weighted by atomic mass is 9.89. The van der Waals surface area contributed by atoms with Gasteiger partial charge in [0.15, 0.2) is 0 Å². The van der Waals surface area contributed by atoms with Crippen molar-refractivity contribution in [3.05, 3.63) is 205 Å². The van der Waals surface area contributed by atoms with Crippen molar-refractivity contribution in [2.24, 2.45) is 0 Å². The predicted octanol–water partition coefficient (Wildman–Crippen LogP) is 12.9. The molecule has 0 N–H and O–H groups in total. The van der Waals surface area contributed by atoms with Crippen LogP contribution < -0.4 is 4.90 Å². The zero-order valence-corrected chi connectivity index (χ0v) is 29.5. The first-order valence-electron chi connectivity index (χ1n) is 18.1. The second-order valence-electron chi connectivity index (χ2n) is 13.8. The number of rotatable bonds is 7. The van der Waals surface area contributed by atoms with Gasteiger partial charge in [-0.25, -0.2) is 0 Å². The van der Waals surface area contributed by atoms with Gasteiger partial charge in [-0.2, -0.15) is 5.26 Å². The summed E-state index contributed by atoms with van der Waals surface area (Å²) in [6.07, 6.45) is 4.38. The first-order valence-corrected chi connectivity index (χ1v) is 18.1. The van der Waals surface area contributed by atoms with Crippen molar-refractivity contribution in [1.29, 1.82) is 5.26 Å². The first kappa shape index (κ1) is 32.0. The summed E-state index contributed by atoms with van der Waals surface area (Å²) in [4.78, 5) is 2.48. The van der Waals surface area contributed by atoms with Gasteiger partial charge in [-0.05, 0) is 113 Å².